The van der Waals surface area contributed by atoms with Crippen molar-refractivity contribution in [2.75, 3.05) is 13.1 Å². The van der Waals surface area contributed by atoms with Crippen LogP contribution in [0.2, 0.25) is 5.02 Å². The Bertz CT molecular complexity index is 392. The smallest absolute Gasteiger partial charge is 0.237 e. The largest absolute Gasteiger partial charge is 0.354 e. The van der Waals surface area contributed by atoms with Gasteiger partial charge in [0, 0.05) is 11.6 Å². The SMILES string of the molecule is Cl.O=C(NCCc1cccc(Cl)c1)C1CCCN1. The topological polar surface area (TPSA) is 41.1 Å². The second-order valence-electron chi connectivity index (χ2n) is 4.32. The van der Waals surface area contributed by atoms with E-state index in [0.717, 1.165) is 36.4 Å². The summed E-state index contributed by atoms with van der Waals surface area (Å²) in [7, 11) is 0. The predicted octanol–water partition coefficient (Wildman–Crippen LogP) is 2.17. The number of benzene rings is 1. The van der Waals surface area contributed by atoms with Gasteiger partial charge in [0.15, 0.2) is 0 Å². The maximum atomic E-state index is 11.7. The summed E-state index contributed by atoms with van der Waals surface area (Å²) in [6.07, 6.45) is 2.86. The molecule has 1 saturated heterocycles. The molecule has 1 aliphatic rings. The van der Waals surface area contributed by atoms with Crippen molar-refractivity contribution in [3.63, 3.8) is 0 Å². The maximum absolute atomic E-state index is 11.7. The Hall–Kier alpha value is -0.770. The third-order valence-electron chi connectivity index (χ3n) is 2.98. The van der Waals surface area contributed by atoms with Crippen LogP contribution in [0.1, 0.15) is 18.4 Å². The van der Waals surface area contributed by atoms with Crippen LogP contribution in [0.3, 0.4) is 0 Å². The average molecular weight is 289 g/mol. The maximum Gasteiger partial charge on any atom is 0.237 e. The summed E-state index contributed by atoms with van der Waals surface area (Å²) in [5.74, 6) is 0.115. The van der Waals surface area contributed by atoms with E-state index < -0.39 is 0 Å². The molecule has 5 heteroatoms. The van der Waals surface area contributed by atoms with E-state index in [4.69, 9.17) is 11.6 Å². The molecule has 1 heterocycles. The molecule has 1 aliphatic heterocycles. The molecule has 0 aromatic heterocycles. The molecule has 2 N–H and O–H groups in total. The standard InChI is InChI=1S/C13H17ClN2O.ClH/c14-11-4-1-3-10(9-11)6-8-16-13(17)12-5-2-7-15-12;/h1,3-4,9,12,15H,2,5-8H2,(H,16,17);1H. The van der Waals surface area contributed by atoms with Crippen molar-refractivity contribution in [1.29, 1.82) is 0 Å². The Labute approximate surface area is 119 Å². The van der Waals surface area contributed by atoms with Crippen molar-refractivity contribution < 1.29 is 4.79 Å². The zero-order valence-corrected chi connectivity index (χ0v) is 11.7. The minimum Gasteiger partial charge on any atom is -0.354 e. The second-order valence-corrected chi connectivity index (χ2v) is 4.76. The molecule has 100 valence electrons. The van der Waals surface area contributed by atoms with Gasteiger partial charge >= 0.3 is 0 Å². The van der Waals surface area contributed by atoms with Crippen molar-refractivity contribution in [3.8, 4) is 0 Å². The summed E-state index contributed by atoms with van der Waals surface area (Å²) in [5, 5.41) is 6.87. The van der Waals surface area contributed by atoms with Gasteiger partial charge in [-0.15, -0.1) is 12.4 Å². The van der Waals surface area contributed by atoms with Crippen LogP contribution in [0.4, 0.5) is 0 Å². The van der Waals surface area contributed by atoms with Crippen LogP contribution in [0.15, 0.2) is 24.3 Å². The molecule has 0 bridgehead atoms. The lowest BCUT2D eigenvalue weighted by Gasteiger charge is -2.10. The van der Waals surface area contributed by atoms with Crippen molar-refractivity contribution in [3.05, 3.63) is 34.9 Å². The number of carbonyl (C=O) groups is 1. The molecule has 0 radical (unpaired) electrons. The Morgan fingerprint density at radius 3 is 3.00 bits per heavy atom. The molecule has 3 nitrogen and oxygen atoms in total. The molecule has 1 atom stereocenters. The van der Waals surface area contributed by atoms with Gasteiger partial charge in [-0.25, -0.2) is 0 Å². The molecule has 0 saturated carbocycles. The first-order valence-corrected chi connectivity index (χ1v) is 6.39. The molecule has 0 spiro atoms. The molecule has 1 aromatic carbocycles. The van der Waals surface area contributed by atoms with E-state index in [1.54, 1.807) is 0 Å². The quantitative estimate of drug-likeness (QED) is 0.892. The second kappa shape index (κ2) is 7.62. The molecular weight excluding hydrogens is 271 g/mol. The van der Waals surface area contributed by atoms with Crippen molar-refractivity contribution in [2.24, 2.45) is 0 Å². The van der Waals surface area contributed by atoms with Crippen LogP contribution < -0.4 is 10.6 Å². The van der Waals surface area contributed by atoms with Crippen LogP contribution in [-0.2, 0) is 11.2 Å². The summed E-state index contributed by atoms with van der Waals surface area (Å²) in [5.41, 5.74) is 1.15. The van der Waals surface area contributed by atoms with Gasteiger partial charge < -0.3 is 10.6 Å². The van der Waals surface area contributed by atoms with Crippen molar-refractivity contribution in [1.82, 2.24) is 10.6 Å². The van der Waals surface area contributed by atoms with Crippen molar-refractivity contribution >= 4 is 29.9 Å². The van der Waals surface area contributed by atoms with Gasteiger partial charge in [0.1, 0.15) is 0 Å². The van der Waals surface area contributed by atoms with Gasteiger partial charge in [0.25, 0.3) is 0 Å². The lowest BCUT2D eigenvalue weighted by molar-refractivity contribution is -0.122. The fraction of sp³-hybridized carbons (Fsp3) is 0.462. The Kier molecular flexibility index (Phi) is 6.47. The van der Waals surface area contributed by atoms with Gasteiger partial charge in [-0.2, -0.15) is 0 Å². The van der Waals surface area contributed by atoms with Gasteiger partial charge in [-0.1, -0.05) is 23.7 Å². The van der Waals surface area contributed by atoms with E-state index in [1.807, 2.05) is 24.3 Å². The third kappa shape index (κ3) is 4.48. The summed E-state index contributed by atoms with van der Waals surface area (Å²) >= 11 is 5.89. The van der Waals surface area contributed by atoms with Crippen LogP contribution in [0.5, 0.6) is 0 Å². The third-order valence-corrected chi connectivity index (χ3v) is 3.21. The summed E-state index contributed by atoms with van der Waals surface area (Å²) in [6, 6.07) is 7.74. The molecule has 1 aromatic rings. The van der Waals surface area contributed by atoms with E-state index in [2.05, 4.69) is 10.6 Å². The van der Waals surface area contributed by atoms with Crippen LogP contribution in [0.25, 0.3) is 0 Å². The highest BCUT2D eigenvalue weighted by Gasteiger charge is 2.21. The van der Waals surface area contributed by atoms with Gasteiger partial charge in [0.05, 0.1) is 6.04 Å². The fourth-order valence-corrected chi connectivity index (χ4v) is 2.27. The van der Waals surface area contributed by atoms with E-state index in [1.165, 1.54) is 0 Å². The molecule has 1 amide bonds. The minimum absolute atomic E-state index is 0. The number of halogens is 2. The number of hydrogen-bond donors (Lipinski definition) is 2. The fourth-order valence-electron chi connectivity index (χ4n) is 2.05. The van der Waals surface area contributed by atoms with Gasteiger partial charge in [-0.05, 0) is 43.5 Å². The molecule has 18 heavy (non-hydrogen) atoms. The van der Waals surface area contributed by atoms with Crippen LogP contribution in [-0.4, -0.2) is 25.0 Å². The zero-order valence-electron chi connectivity index (χ0n) is 10.1. The first-order valence-electron chi connectivity index (χ1n) is 6.01. The molecule has 0 aliphatic carbocycles. The van der Waals surface area contributed by atoms with Crippen LogP contribution in [0, 0.1) is 0 Å². The predicted molar refractivity (Wildman–Crippen MR) is 76.4 cm³/mol. The highest BCUT2D eigenvalue weighted by atomic mass is 35.5. The summed E-state index contributed by atoms with van der Waals surface area (Å²) in [6.45, 7) is 1.61. The molecular formula is C13H18Cl2N2O. The normalized spacial score (nSPS) is 18.2. The Balaban J connectivity index is 0.00000162. The molecule has 1 unspecified atom stereocenters. The average Bonchev–Trinajstić information content (AvgIpc) is 2.82. The van der Waals surface area contributed by atoms with E-state index in [9.17, 15) is 4.79 Å². The molecule has 1 fully saturated rings. The number of amides is 1. The zero-order chi connectivity index (χ0) is 12.1. The Morgan fingerprint density at radius 2 is 2.33 bits per heavy atom. The lowest BCUT2D eigenvalue weighted by Crippen LogP contribution is -2.41. The molecule has 2 rings (SSSR count). The summed E-state index contributed by atoms with van der Waals surface area (Å²) in [4.78, 5) is 11.7. The lowest BCUT2D eigenvalue weighted by atomic mass is 10.1. The number of nitrogens with one attached hydrogen (secondary N) is 2. The van der Waals surface area contributed by atoms with E-state index >= 15 is 0 Å². The van der Waals surface area contributed by atoms with E-state index in [-0.39, 0.29) is 24.4 Å². The first kappa shape index (κ1) is 15.3. The van der Waals surface area contributed by atoms with Gasteiger partial charge in [0.2, 0.25) is 5.91 Å². The highest BCUT2D eigenvalue weighted by Crippen LogP contribution is 2.10. The van der Waals surface area contributed by atoms with Crippen LogP contribution >= 0.6 is 24.0 Å². The highest BCUT2D eigenvalue weighted by molar-refractivity contribution is 6.30. The number of rotatable bonds is 4. The first-order chi connectivity index (χ1) is 8.25. The summed E-state index contributed by atoms with van der Waals surface area (Å²) < 4.78 is 0. The number of carbonyl (C=O) groups excluding carboxylic acids is 1. The van der Waals surface area contributed by atoms with Gasteiger partial charge in [-0.3, -0.25) is 4.79 Å². The number of hydrogen-bond acceptors (Lipinski definition) is 2. The van der Waals surface area contributed by atoms with E-state index in [0.29, 0.717) is 6.54 Å². The van der Waals surface area contributed by atoms with Crippen molar-refractivity contribution in [2.45, 2.75) is 25.3 Å². The Morgan fingerprint density at radius 1 is 1.50 bits per heavy atom. The monoisotopic (exact) mass is 288 g/mol. The minimum atomic E-state index is 0.